The van der Waals surface area contributed by atoms with Crippen LogP contribution in [0.15, 0.2) is 66.2 Å². The van der Waals surface area contributed by atoms with E-state index in [1.807, 2.05) is 18.2 Å². The first-order chi connectivity index (χ1) is 18.1. The number of aromatic nitrogens is 2. The minimum absolute atomic E-state index is 0.206. The first-order valence-corrected chi connectivity index (χ1v) is 12.5. The molecule has 1 N–H and O–H groups in total. The Balaban J connectivity index is 1.33. The number of nitrogens with zero attached hydrogens (tertiary/aromatic N) is 4. The van der Waals surface area contributed by atoms with Crippen molar-refractivity contribution in [1.29, 1.82) is 0 Å². The van der Waals surface area contributed by atoms with Crippen LogP contribution in [0.25, 0.3) is 0 Å². The molecule has 1 aromatic heterocycles. The molecule has 2 amide bonds. The van der Waals surface area contributed by atoms with E-state index in [9.17, 15) is 9.59 Å². The number of hydrogen-bond acceptors (Lipinski definition) is 7. The van der Waals surface area contributed by atoms with E-state index in [1.165, 1.54) is 36.4 Å². The highest BCUT2D eigenvalue weighted by Crippen LogP contribution is 2.33. The first kappa shape index (κ1) is 24.4. The van der Waals surface area contributed by atoms with Gasteiger partial charge in [-0.05, 0) is 81.0 Å². The number of amides is 2. The lowest BCUT2D eigenvalue weighted by Crippen LogP contribution is -2.32. The number of carbonyl (C=O) groups excluding carboxylic acids is 2. The molecule has 0 radical (unpaired) electrons. The third-order valence-corrected chi connectivity index (χ3v) is 6.53. The van der Waals surface area contributed by atoms with Gasteiger partial charge < -0.3 is 14.8 Å². The summed E-state index contributed by atoms with van der Waals surface area (Å²) in [5, 5.41) is 8.96. The van der Waals surface area contributed by atoms with Crippen LogP contribution in [0.4, 0.5) is 5.69 Å². The molecular formula is C28H29N5O4. The summed E-state index contributed by atoms with van der Waals surface area (Å²) in [7, 11) is 1.64. The Hall–Kier alpha value is -4.27. The van der Waals surface area contributed by atoms with Crippen molar-refractivity contribution in [1.82, 2.24) is 15.0 Å². The standard InChI is InChI=1S/C28H29N5O4/c1-36-25-12-11-19(17-26(25)37-22-8-2-3-9-22)23-10-5-15-33(32-23)28(35)20-6-4-7-21(16-20)31-27(34)24-13-14-29-18-30-24/h4,6-7,11-14,16-18,22H,2-3,5,8-10,15H2,1H3,(H,31,34). The van der Waals surface area contributed by atoms with E-state index in [0.717, 1.165) is 37.0 Å². The molecule has 9 nitrogen and oxygen atoms in total. The number of hydrazone groups is 1. The Morgan fingerprint density at radius 2 is 1.89 bits per heavy atom. The van der Waals surface area contributed by atoms with Gasteiger partial charge in [-0.2, -0.15) is 5.10 Å². The van der Waals surface area contributed by atoms with Gasteiger partial charge >= 0.3 is 0 Å². The quantitative estimate of drug-likeness (QED) is 0.505. The number of anilines is 1. The van der Waals surface area contributed by atoms with Crippen LogP contribution in [-0.4, -0.2) is 52.3 Å². The summed E-state index contributed by atoms with van der Waals surface area (Å²) in [6.07, 6.45) is 9.04. The number of rotatable bonds is 7. The lowest BCUT2D eigenvalue weighted by Gasteiger charge is -2.24. The van der Waals surface area contributed by atoms with Gasteiger partial charge in [-0.1, -0.05) is 6.07 Å². The van der Waals surface area contributed by atoms with Crippen molar-refractivity contribution in [2.75, 3.05) is 19.0 Å². The maximum Gasteiger partial charge on any atom is 0.274 e. The molecule has 190 valence electrons. The summed E-state index contributed by atoms with van der Waals surface area (Å²) in [5.41, 5.74) is 2.92. The van der Waals surface area contributed by atoms with Crippen LogP contribution >= 0.6 is 0 Å². The second-order valence-corrected chi connectivity index (χ2v) is 9.10. The molecule has 2 aliphatic rings. The van der Waals surface area contributed by atoms with Gasteiger partial charge in [0.1, 0.15) is 12.0 Å². The fraction of sp³-hybridized carbons (Fsp3) is 0.321. The maximum absolute atomic E-state index is 13.3. The predicted molar refractivity (Wildman–Crippen MR) is 139 cm³/mol. The number of hydrogen-bond donors (Lipinski definition) is 1. The highest BCUT2D eigenvalue weighted by atomic mass is 16.5. The Morgan fingerprint density at radius 3 is 2.68 bits per heavy atom. The second kappa shape index (κ2) is 11.2. The number of methoxy groups -OCH3 is 1. The van der Waals surface area contributed by atoms with E-state index < -0.39 is 0 Å². The van der Waals surface area contributed by atoms with E-state index in [1.54, 1.807) is 31.4 Å². The summed E-state index contributed by atoms with van der Waals surface area (Å²) in [5.74, 6) is 0.803. The van der Waals surface area contributed by atoms with E-state index in [2.05, 4.69) is 15.3 Å². The van der Waals surface area contributed by atoms with Gasteiger partial charge in [-0.3, -0.25) is 9.59 Å². The fourth-order valence-corrected chi connectivity index (χ4v) is 4.62. The highest BCUT2D eigenvalue weighted by molar-refractivity contribution is 6.05. The number of benzene rings is 2. The zero-order valence-corrected chi connectivity index (χ0v) is 20.7. The van der Waals surface area contributed by atoms with Crippen LogP contribution in [0.1, 0.15) is 64.9 Å². The van der Waals surface area contributed by atoms with Crippen LogP contribution in [0, 0.1) is 0 Å². The minimum Gasteiger partial charge on any atom is -0.493 e. The van der Waals surface area contributed by atoms with Gasteiger partial charge in [-0.25, -0.2) is 15.0 Å². The zero-order chi connectivity index (χ0) is 25.6. The zero-order valence-electron chi connectivity index (χ0n) is 20.7. The van der Waals surface area contributed by atoms with Gasteiger partial charge in [-0.15, -0.1) is 0 Å². The molecule has 0 spiro atoms. The van der Waals surface area contributed by atoms with E-state index in [-0.39, 0.29) is 23.6 Å². The average molecular weight is 500 g/mol. The van der Waals surface area contributed by atoms with Gasteiger partial charge in [0.25, 0.3) is 11.8 Å². The molecule has 1 fully saturated rings. The highest BCUT2D eigenvalue weighted by Gasteiger charge is 2.23. The Bertz CT molecular complexity index is 1300. The molecule has 2 aromatic carbocycles. The van der Waals surface area contributed by atoms with Crippen molar-refractivity contribution < 1.29 is 19.1 Å². The van der Waals surface area contributed by atoms with Crippen LogP contribution in [-0.2, 0) is 0 Å². The molecule has 3 aromatic rings. The predicted octanol–water partition coefficient (Wildman–Crippen LogP) is 4.70. The summed E-state index contributed by atoms with van der Waals surface area (Å²) >= 11 is 0. The lowest BCUT2D eigenvalue weighted by atomic mass is 10.0. The summed E-state index contributed by atoms with van der Waals surface area (Å²) in [4.78, 5) is 33.5. The molecule has 0 bridgehead atoms. The third kappa shape index (κ3) is 5.77. The number of carbonyl (C=O) groups is 2. The lowest BCUT2D eigenvalue weighted by molar-refractivity contribution is 0.0751. The van der Waals surface area contributed by atoms with Gasteiger partial charge in [0.2, 0.25) is 0 Å². The minimum atomic E-state index is -0.375. The Morgan fingerprint density at radius 1 is 1.03 bits per heavy atom. The fourth-order valence-electron chi connectivity index (χ4n) is 4.62. The number of ether oxygens (including phenoxy) is 2. The molecule has 9 heteroatoms. The maximum atomic E-state index is 13.3. The molecule has 1 aliphatic heterocycles. The van der Waals surface area contributed by atoms with Crippen molar-refractivity contribution in [3.8, 4) is 11.5 Å². The SMILES string of the molecule is COc1ccc(C2=NN(C(=O)c3cccc(NC(=O)c4ccncn4)c3)CCC2)cc1OC1CCCC1. The molecule has 2 heterocycles. The third-order valence-electron chi connectivity index (χ3n) is 6.53. The van der Waals surface area contributed by atoms with Crippen molar-refractivity contribution in [2.24, 2.45) is 5.10 Å². The monoisotopic (exact) mass is 499 g/mol. The molecular weight excluding hydrogens is 470 g/mol. The average Bonchev–Trinajstić information content (AvgIpc) is 3.46. The number of nitrogens with one attached hydrogen (secondary N) is 1. The van der Waals surface area contributed by atoms with Crippen LogP contribution in [0.3, 0.4) is 0 Å². The van der Waals surface area contributed by atoms with E-state index in [4.69, 9.17) is 14.6 Å². The summed E-state index contributed by atoms with van der Waals surface area (Å²) in [6, 6.07) is 14.2. The molecule has 37 heavy (non-hydrogen) atoms. The summed E-state index contributed by atoms with van der Waals surface area (Å²) in [6.45, 7) is 0.515. The molecule has 0 atom stereocenters. The van der Waals surface area contributed by atoms with Gasteiger partial charge in [0.05, 0.1) is 18.9 Å². The largest absolute Gasteiger partial charge is 0.493 e. The smallest absolute Gasteiger partial charge is 0.274 e. The topological polar surface area (TPSA) is 106 Å². The molecule has 0 unspecified atom stereocenters. The molecule has 1 aliphatic carbocycles. The van der Waals surface area contributed by atoms with Crippen LogP contribution < -0.4 is 14.8 Å². The van der Waals surface area contributed by atoms with Crippen molar-refractivity contribution >= 4 is 23.2 Å². The molecule has 0 saturated heterocycles. The summed E-state index contributed by atoms with van der Waals surface area (Å²) < 4.78 is 11.8. The molecule has 5 rings (SSSR count). The van der Waals surface area contributed by atoms with E-state index >= 15 is 0 Å². The van der Waals surface area contributed by atoms with E-state index in [0.29, 0.717) is 29.3 Å². The first-order valence-electron chi connectivity index (χ1n) is 12.5. The normalized spacial score (nSPS) is 15.7. The Kier molecular flexibility index (Phi) is 7.39. The van der Waals surface area contributed by atoms with Crippen LogP contribution in [0.5, 0.6) is 11.5 Å². The van der Waals surface area contributed by atoms with Crippen molar-refractivity contribution in [2.45, 2.75) is 44.6 Å². The second-order valence-electron chi connectivity index (χ2n) is 9.10. The van der Waals surface area contributed by atoms with Crippen molar-refractivity contribution in [3.05, 3.63) is 77.9 Å². The van der Waals surface area contributed by atoms with Crippen LogP contribution in [0.2, 0.25) is 0 Å². The Labute approximate surface area is 215 Å². The molecule has 1 saturated carbocycles. The van der Waals surface area contributed by atoms with Crippen molar-refractivity contribution in [3.63, 3.8) is 0 Å². The van der Waals surface area contributed by atoms with Gasteiger partial charge in [0.15, 0.2) is 11.5 Å². The van der Waals surface area contributed by atoms with Gasteiger partial charge in [0, 0.05) is 29.6 Å².